The van der Waals surface area contributed by atoms with Crippen LogP contribution < -0.4 is 14.8 Å². The predicted molar refractivity (Wildman–Crippen MR) is 111 cm³/mol. The molecule has 3 rings (SSSR count). The SMILES string of the molecule is CCOc1ccc([C@@H](C)NC(=O)CCc2nc(-c3ccsc3)no2)cc1OCC. The topological polar surface area (TPSA) is 86.5 Å². The van der Waals surface area contributed by atoms with Crippen molar-refractivity contribution in [2.75, 3.05) is 13.2 Å². The van der Waals surface area contributed by atoms with Gasteiger partial charge in [0.25, 0.3) is 0 Å². The van der Waals surface area contributed by atoms with Gasteiger partial charge < -0.3 is 19.3 Å². The average molecular weight is 416 g/mol. The first-order valence-corrected chi connectivity index (χ1v) is 10.6. The van der Waals surface area contributed by atoms with Crippen LogP contribution in [-0.2, 0) is 11.2 Å². The van der Waals surface area contributed by atoms with Crippen LogP contribution in [-0.4, -0.2) is 29.3 Å². The number of aryl methyl sites for hydroxylation is 1. The standard InChI is InChI=1S/C21H25N3O4S/c1-4-26-17-7-6-15(12-18(17)27-5-2)14(3)22-19(25)8-9-20-23-21(24-28-20)16-10-11-29-13-16/h6-7,10-14H,4-5,8-9H2,1-3H3,(H,22,25)/t14-/m1/s1. The predicted octanol–water partition coefficient (Wildman–Crippen LogP) is 4.41. The summed E-state index contributed by atoms with van der Waals surface area (Å²) >= 11 is 1.57. The van der Waals surface area contributed by atoms with E-state index in [4.69, 9.17) is 14.0 Å². The van der Waals surface area contributed by atoms with Gasteiger partial charge in [0, 0.05) is 23.8 Å². The highest BCUT2D eigenvalue weighted by Gasteiger charge is 2.15. The maximum Gasteiger partial charge on any atom is 0.227 e. The largest absolute Gasteiger partial charge is 0.490 e. The maximum absolute atomic E-state index is 12.4. The summed E-state index contributed by atoms with van der Waals surface area (Å²) in [6.45, 7) is 6.90. The second-order valence-electron chi connectivity index (χ2n) is 6.39. The lowest BCUT2D eigenvalue weighted by molar-refractivity contribution is -0.121. The van der Waals surface area contributed by atoms with E-state index < -0.39 is 0 Å². The normalized spacial score (nSPS) is 11.8. The van der Waals surface area contributed by atoms with Crippen LogP contribution in [0.2, 0.25) is 0 Å². The van der Waals surface area contributed by atoms with Crippen molar-refractivity contribution >= 4 is 17.2 Å². The highest BCUT2D eigenvalue weighted by atomic mass is 32.1. The summed E-state index contributed by atoms with van der Waals surface area (Å²) in [7, 11) is 0. The van der Waals surface area contributed by atoms with Gasteiger partial charge in [0.1, 0.15) is 0 Å². The molecule has 8 heteroatoms. The number of amides is 1. The van der Waals surface area contributed by atoms with Crippen LogP contribution in [0.4, 0.5) is 0 Å². The third kappa shape index (κ3) is 5.57. The van der Waals surface area contributed by atoms with Crippen LogP contribution >= 0.6 is 11.3 Å². The van der Waals surface area contributed by atoms with E-state index >= 15 is 0 Å². The zero-order chi connectivity index (χ0) is 20.6. The van der Waals surface area contributed by atoms with Crippen molar-refractivity contribution in [3.63, 3.8) is 0 Å². The summed E-state index contributed by atoms with van der Waals surface area (Å²) in [6, 6.07) is 7.48. The molecule has 1 aromatic carbocycles. The molecule has 3 aromatic rings. The Bertz CT molecular complexity index is 924. The summed E-state index contributed by atoms with van der Waals surface area (Å²) in [4.78, 5) is 16.7. The number of carbonyl (C=O) groups excluding carboxylic acids is 1. The summed E-state index contributed by atoms with van der Waals surface area (Å²) in [5.74, 6) is 2.30. The van der Waals surface area contributed by atoms with Crippen LogP contribution in [0.15, 0.2) is 39.5 Å². The van der Waals surface area contributed by atoms with Crippen molar-refractivity contribution < 1.29 is 18.8 Å². The van der Waals surface area contributed by atoms with Crippen molar-refractivity contribution in [3.8, 4) is 22.9 Å². The third-order valence-corrected chi connectivity index (χ3v) is 4.94. The molecule has 0 aliphatic rings. The molecule has 0 unspecified atom stereocenters. The van der Waals surface area contributed by atoms with Crippen LogP contribution in [0, 0.1) is 0 Å². The molecule has 0 saturated carbocycles. The Labute approximate surface area is 174 Å². The molecular formula is C21H25N3O4S. The van der Waals surface area contributed by atoms with Crippen molar-refractivity contribution in [2.24, 2.45) is 0 Å². The summed E-state index contributed by atoms with van der Waals surface area (Å²) < 4.78 is 16.5. The Hall–Kier alpha value is -2.87. The van der Waals surface area contributed by atoms with Gasteiger partial charge in [0.05, 0.1) is 19.3 Å². The number of benzene rings is 1. The molecule has 1 atom stereocenters. The third-order valence-electron chi connectivity index (χ3n) is 4.26. The van der Waals surface area contributed by atoms with Gasteiger partial charge in [-0.2, -0.15) is 16.3 Å². The highest BCUT2D eigenvalue weighted by Crippen LogP contribution is 2.30. The number of hydrogen-bond acceptors (Lipinski definition) is 7. The Kier molecular flexibility index (Phi) is 7.24. The summed E-state index contributed by atoms with van der Waals surface area (Å²) in [5, 5.41) is 10.9. The zero-order valence-electron chi connectivity index (χ0n) is 16.8. The molecule has 2 heterocycles. The van der Waals surface area contributed by atoms with E-state index in [1.54, 1.807) is 11.3 Å². The van der Waals surface area contributed by atoms with Gasteiger partial charge in [-0.05, 0) is 49.9 Å². The quantitative estimate of drug-likeness (QED) is 0.528. The van der Waals surface area contributed by atoms with E-state index in [0.717, 1.165) is 11.1 Å². The molecule has 0 fully saturated rings. The molecule has 0 radical (unpaired) electrons. The number of ether oxygens (including phenoxy) is 2. The number of aromatic nitrogens is 2. The molecule has 0 aliphatic heterocycles. The highest BCUT2D eigenvalue weighted by molar-refractivity contribution is 7.08. The number of hydrogen-bond donors (Lipinski definition) is 1. The van der Waals surface area contributed by atoms with Gasteiger partial charge >= 0.3 is 0 Å². The maximum atomic E-state index is 12.4. The molecule has 0 spiro atoms. The van der Waals surface area contributed by atoms with Crippen molar-refractivity contribution in [1.29, 1.82) is 0 Å². The van der Waals surface area contributed by atoms with Crippen LogP contribution in [0.3, 0.4) is 0 Å². The van der Waals surface area contributed by atoms with E-state index in [2.05, 4.69) is 15.5 Å². The number of rotatable bonds is 10. The fourth-order valence-corrected chi connectivity index (χ4v) is 3.45. The molecular weight excluding hydrogens is 390 g/mol. The van der Waals surface area contributed by atoms with E-state index in [-0.39, 0.29) is 18.4 Å². The van der Waals surface area contributed by atoms with Crippen molar-refractivity contribution in [1.82, 2.24) is 15.5 Å². The molecule has 0 saturated heterocycles. The number of nitrogens with zero attached hydrogens (tertiary/aromatic N) is 2. The molecule has 2 aromatic heterocycles. The van der Waals surface area contributed by atoms with Gasteiger partial charge in [-0.25, -0.2) is 0 Å². The second-order valence-corrected chi connectivity index (χ2v) is 7.17. The first-order valence-electron chi connectivity index (χ1n) is 9.64. The molecule has 0 aliphatic carbocycles. The molecule has 7 nitrogen and oxygen atoms in total. The Balaban J connectivity index is 1.55. The Morgan fingerprint density at radius 3 is 2.72 bits per heavy atom. The van der Waals surface area contributed by atoms with Crippen LogP contribution in [0.5, 0.6) is 11.5 Å². The van der Waals surface area contributed by atoms with Crippen molar-refractivity contribution in [2.45, 2.75) is 39.7 Å². The molecule has 1 N–H and O–H groups in total. The number of carbonyl (C=O) groups is 1. The minimum Gasteiger partial charge on any atom is -0.490 e. The van der Waals surface area contributed by atoms with Gasteiger partial charge in [-0.1, -0.05) is 11.2 Å². The lowest BCUT2D eigenvalue weighted by Gasteiger charge is -2.17. The summed E-state index contributed by atoms with van der Waals surface area (Å²) in [6.07, 6.45) is 0.661. The lowest BCUT2D eigenvalue weighted by Crippen LogP contribution is -2.26. The molecule has 29 heavy (non-hydrogen) atoms. The minimum atomic E-state index is -0.165. The van der Waals surface area contributed by atoms with E-state index in [1.807, 2.05) is 55.8 Å². The first kappa shape index (κ1) is 20.9. The molecule has 1 amide bonds. The smallest absolute Gasteiger partial charge is 0.227 e. The van der Waals surface area contributed by atoms with Gasteiger partial charge in [-0.15, -0.1) is 0 Å². The zero-order valence-corrected chi connectivity index (χ0v) is 17.6. The number of nitrogens with one attached hydrogen (secondary N) is 1. The fourth-order valence-electron chi connectivity index (χ4n) is 2.82. The molecule has 154 valence electrons. The van der Waals surface area contributed by atoms with E-state index in [1.165, 1.54) is 0 Å². The van der Waals surface area contributed by atoms with Crippen LogP contribution in [0.1, 0.15) is 44.7 Å². The molecule has 0 bridgehead atoms. The van der Waals surface area contributed by atoms with E-state index in [0.29, 0.717) is 42.8 Å². The first-order chi connectivity index (χ1) is 14.1. The van der Waals surface area contributed by atoms with Crippen molar-refractivity contribution in [3.05, 3.63) is 46.5 Å². The number of thiophene rings is 1. The Morgan fingerprint density at radius 2 is 2.00 bits per heavy atom. The van der Waals surface area contributed by atoms with Gasteiger partial charge in [0.15, 0.2) is 11.5 Å². The Morgan fingerprint density at radius 1 is 1.21 bits per heavy atom. The monoisotopic (exact) mass is 415 g/mol. The average Bonchev–Trinajstić information content (AvgIpc) is 3.40. The van der Waals surface area contributed by atoms with Gasteiger partial charge in [0.2, 0.25) is 17.6 Å². The van der Waals surface area contributed by atoms with E-state index in [9.17, 15) is 4.79 Å². The minimum absolute atomic E-state index is 0.0837. The lowest BCUT2D eigenvalue weighted by atomic mass is 10.1. The van der Waals surface area contributed by atoms with Crippen LogP contribution in [0.25, 0.3) is 11.4 Å². The fraction of sp³-hybridized carbons (Fsp3) is 0.381. The van der Waals surface area contributed by atoms with Gasteiger partial charge in [-0.3, -0.25) is 4.79 Å². The second kappa shape index (κ2) is 10.1. The summed E-state index contributed by atoms with van der Waals surface area (Å²) in [5.41, 5.74) is 1.87.